The molecule has 1 heterocycles. The van der Waals surface area contributed by atoms with E-state index in [1.165, 1.54) is 24.1 Å². The summed E-state index contributed by atoms with van der Waals surface area (Å²) in [6.07, 6.45) is 0.171. The van der Waals surface area contributed by atoms with Crippen molar-refractivity contribution in [3.8, 4) is 5.75 Å². The van der Waals surface area contributed by atoms with Gasteiger partial charge in [-0.3, -0.25) is 9.59 Å². The molecule has 188 valence electrons. The molecule has 3 rings (SSSR count). The van der Waals surface area contributed by atoms with Crippen LogP contribution in [-0.2, 0) is 32.0 Å². The fourth-order valence-electron chi connectivity index (χ4n) is 4.40. The molecule has 2 aromatic rings. The Morgan fingerprint density at radius 1 is 1.09 bits per heavy atom. The maximum Gasteiger partial charge on any atom is 0.329 e. The Morgan fingerprint density at radius 3 is 2.31 bits per heavy atom. The smallest absolute Gasteiger partial charge is 0.329 e. The van der Waals surface area contributed by atoms with Crippen molar-refractivity contribution in [2.75, 3.05) is 26.9 Å². The minimum absolute atomic E-state index is 0.0798. The second kappa shape index (κ2) is 10.7. The van der Waals surface area contributed by atoms with Crippen LogP contribution < -0.4 is 9.92 Å². The summed E-state index contributed by atoms with van der Waals surface area (Å²) in [6.45, 7) is 4.56. The highest BCUT2D eigenvalue weighted by atomic mass is 28.3. The number of Topliss-reactive ketones (excluding diaryl/α,β-unsaturated/α-hetero) is 1. The Balaban J connectivity index is 1.93. The number of carbonyl (C=O) groups is 3. The molecular weight excluding hydrogens is 476 g/mol. The summed E-state index contributed by atoms with van der Waals surface area (Å²) in [5, 5.41) is 8.84. The van der Waals surface area contributed by atoms with Crippen molar-refractivity contribution in [3.63, 3.8) is 0 Å². The second-order valence-electron chi connectivity index (χ2n) is 9.52. The number of aliphatic carboxylic acids is 1. The van der Waals surface area contributed by atoms with Crippen LogP contribution in [0.5, 0.6) is 5.75 Å². The number of ketones is 1. The van der Waals surface area contributed by atoms with Gasteiger partial charge in [-0.15, -0.1) is 0 Å². The van der Waals surface area contributed by atoms with Crippen molar-refractivity contribution < 1.29 is 37.7 Å². The van der Waals surface area contributed by atoms with E-state index in [-0.39, 0.29) is 23.7 Å². The molecule has 1 aliphatic heterocycles. The average molecular weight is 506 g/mol. The molecular formula is C25H29F2NO6Si. The number of amides is 1. The standard InChI is InChI=1S/C25H29F2NO6Si/c1-33-17-5-6-18-16(12-17)7-8-28(22(30)13-34-14-23(31)32)24(18)21(29)11-15-9-19(26)25(20(27)10-15)35(2,3)4/h5-6,9-10,12,24H,7-8,11,13-14H2,1-4H3,(H,31,32)/t24-/m1/s1. The third-order valence-corrected chi connectivity index (χ3v) is 7.86. The van der Waals surface area contributed by atoms with Gasteiger partial charge in [0.2, 0.25) is 5.91 Å². The topological polar surface area (TPSA) is 93.1 Å². The molecule has 0 bridgehead atoms. The third-order valence-electron chi connectivity index (χ3n) is 5.89. The van der Waals surface area contributed by atoms with E-state index in [1.54, 1.807) is 18.2 Å². The number of hydrogen-bond acceptors (Lipinski definition) is 5. The van der Waals surface area contributed by atoms with Crippen LogP contribution >= 0.6 is 0 Å². The zero-order valence-corrected chi connectivity index (χ0v) is 21.2. The number of halogens is 2. The van der Waals surface area contributed by atoms with Crippen molar-refractivity contribution in [3.05, 3.63) is 58.7 Å². The molecule has 35 heavy (non-hydrogen) atoms. The van der Waals surface area contributed by atoms with Crippen LogP contribution in [0.2, 0.25) is 19.6 Å². The first-order chi connectivity index (χ1) is 16.4. The summed E-state index contributed by atoms with van der Waals surface area (Å²) >= 11 is 0. The van der Waals surface area contributed by atoms with Crippen LogP contribution in [-0.4, -0.2) is 62.6 Å². The summed E-state index contributed by atoms with van der Waals surface area (Å²) < 4.78 is 39.7. The molecule has 1 atom stereocenters. The molecule has 0 unspecified atom stereocenters. The molecule has 0 aliphatic carbocycles. The van der Waals surface area contributed by atoms with Crippen LogP contribution in [0.15, 0.2) is 30.3 Å². The van der Waals surface area contributed by atoms with Crippen molar-refractivity contribution >= 4 is 30.9 Å². The Hall–Kier alpha value is -3.11. The number of methoxy groups -OCH3 is 1. The van der Waals surface area contributed by atoms with E-state index in [1.807, 2.05) is 19.6 Å². The molecule has 7 nitrogen and oxygen atoms in total. The molecule has 1 aliphatic rings. The highest BCUT2D eigenvalue weighted by Gasteiger charge is 2.36. The van der Waals surface area contributed by atoms with E-state index in [0.717, 1.165) is 5.56 Å². The first-order valence-corrected chi connectivity index (χ1v) is 14.7. The lowest BCUT2D eigenvalue weighted by molar-refractivity contribution is -0.149. The lowest BCUT2D eigenvalue weighted by Gasteiger charge is -2.36. The van der Waals surface area contributed by atoms with Crippen LogP contribution in [0.1, 0.15) is 22.7 Å². The minimum Gasteiger partial charge on any atom is -0.497 e. The van der Waals surface area contributed by atoms with Crippen molar-refractivity contribution in [2.45, 2.75) is 38.5 Å². The van der Waals surface area contributed by atoms with Gasteiger partial charge in [0.1, 0.15) is 36.6 Å². The van der Waals surface area contributed by atoms with Crippen LogP contribution in [0.3, 0.4) is 0 Å². The Morgan fingerprint density at radius 2 is 1.74 bits per heavy atom. The molecule has 0 fully saturated rings. The van der Waals surface area contributed by atoms with Gasteiger partial charge in [0.05, 0.1) is 15.2 Å². The van der Waals surface area contributed by atoms with Crippen LogP contribution in [0.4, 0.5) is 8.78 Å². The molecule has 0 saturated heterocycles. The zero-order chi connectivity index (χ0) is 25.9. The Bertz CT molecular complexity index is 1120. The van der Waals surface area contributed by atoms with Gasteiger partial charge in [-0.05, 0) is 47.4 Å². The molecule has 0 aromatic heterocycles. The first kappa shape index (κ1) is 26.5. The number of carboxylic acid groups (broad SMARTS) is 1. The number of carboxylic acids is 1. The van der Waals surface area contributed by atoms with E-state index in [9.17, 15) is 23.2 Å². The van der Waals surface area contributed by atoms with Gasteiger partial charge < -0.3 is 19.5 Å². The molecule has 2 aromatic carbocycles. The number of carbonyl (C=O) groups excluding carboxylic acids is 2. The summed E-state index contributed by atoms with van der Waals surface area (Å²) in [7, 11) is -0.753. The van der Waals surface area contributed by atoms with Gasteiger partial charge in [0.15, 0.2) is 5.78 Å². The Kier molecular flexibility index (Phi) is 8.06. The number of benzene rings is 2. The quantitative estimate of drug-likeness (QED) is 0.527. The lowest BCUT2D eigenvalue weighted by atomic mass is 9.87. The normalized spacial score (nSPS) is 15.5. The van der Waals surface area contributed by atoms with E-state index in [0.29, 0.717) is 17.7 Å². The predicted molar refractivity (Wildman–Crippen MR) is 128 cm³/mol. The predicted octanol–water partition coefficient (Wildman–Crippen LogP) is 2.86. The fourth-order valence-corrected chi connectivity index (χ4v) is 5.97. The van der Waals surface area contributed by atoms with Gasteiger partial charge in [-0.25, -0.2) is 13.6 Å². The summed E-state index contributed by atoms with van der Waals surface area (Å²) in [5.41, 5.74) is 1.60. The minimum atomic E-state index is -2.28. The van der Waals surface area contributed by atoms with Gasteiger partial charge in [-0.1, -0.05) is 25.7 Å². The highest BCUT2D eigenvalue weighted by molar-refractivity contribution is 6.88. The maximum absolute atomic E-state index is 14.8. The summed E-state index contributed by atoms with van der Waals surface area (Å²) in [4.78, 5) is 38.4. The Labute approximate surface area is 203 Å². The highest BCUT2D eigenvalue weighted by Crippen LogP contribution is 2.34. The zero-order valence-electron chi connectivity index (χ0n) is 20.2. The monoisotopic (exact) mass is 505 g/mol. The molecule has 0 spiro atoms. The fraction of sp³-hybridized carbons (Fsp3) is 0.400. The number of fused-ring (bicyclic) bond motifs is 1. The number of nitrogens with zero attached hydrogens (tertiary/aromatic N) is 1. The number of ether oxygens (including phenoxy) is 2. The largest absolute Gasteiger partial charge is 0.497 e. The average Bonchev–Trinajstić information content (AvgIpc) is 2.75. The molecule has 1 N–H and O–H groups in total. The van der Waals surface area contributed by atoms with Gasteiger partial charge in [-0.2, -0.15) is 0 Å². The van der Waals surface area contributed by atoms with E-state index in [4.69, 9.17) is 14.6 Å². The van der Waals surface area contributed by atoms with Crippen LogP contribution in [0, 0.1) is 11.6 Å². The van der Waals surface area contributed by atoms with E-state index >= 15 is 0 Å². The summed E-state index contributed by atoms with van der Waals surface area (Å²) in [5.74, 6) is -2.91. The molecule has 0 radical (unpaired) electrons. The van der Waals surface area contributed by atoms with Gasteiger partial charge in [0.25, 0.3) is 0 Å². The molecule has 1 amide bonds. The second-order valence-corrected chi connectivity index (χ2v) is 14.5. The summed E-state index contributed by atoms with van der Waals surface area (Å²) in [6, 6.07) is 6.54. The lowest BCUT2D eigenvalue weighted by Crippen LogP contribution is -2.45. The third kappa shape index (κ3) is 6.12. The van der Waals surface area contributed by atoms with Crippen LogP contribution in [0.25, 0.3) is 0 Å². The number of rotatable bonds is 9. The van der Waals surface area contributed by atoms with Crippen molar-refractivity contribution in [2.24, 2.45) is 0 Å². The van der Waals surface area contributed by atoms with Gasteiger partial charge >= 0.3 is 5.97 Å². The van der Waals surface area contributed by atoms with Crippen molar-refractivity contribution in [1.82, 2.24) is 4.90 Å². The van der Waals surface area contributed by atoms with E-state index in [2.05, 4.69) is 0 Å². The van der Waals surface area contributed by atoms with Gasteiger partial charge in [0, 0.05) is 18.2 Å². The molecule has 0 saturated carbocycles. The SMILES string of the molecule is COc1ccc2c(c1)CCN(C(=O)COCC(=O)O)[C@H]2C(=O)Cc1cc(F)c([Si](C)(C)C)c(F)c1. The first-order valence-electron chi connectivity index (χ1n) is 11.2. The maximum atomic E-state index is 14.8. The molecule has 10 heteroatoms. The van der Waals surface area contributed by atoms with E-state index < -0.39 is 56.6 Å². The number of hydrogen-bond donors (Lipinski definition) is 1. The van der Waals surface area contributed by atoms with Crippen molar-refractivity contribution in [1.29, 1.82) is 0 Å².